The molecule has 0 aromatic carbocycles. The number of fused-ring (bicyclic) bond motifs is 3. The lowest BCUT2D eigenvalue weighted by atomic mass is 9.52. The molecule has 0 aromatic rings. The molecule has 8 unspecified atom stereocenters. The minimum atomic E-state index is -0.803. The third kappa shape index (κ3) is 2.70. The Morgan fingerprint density at radius 2 is 1.10 bits per heavy atom. The van der Waals surface area contributed by atoms with E-state index in [-0.39, 0.29) is 41.3 Å². The number of Topliss-reactive ketones (excluding diaryl/α,β-unsaturated/α-hetero) is 2. The number of hydrogen-bond acceptors (Lipinski definition) is 6. The summed E-state index contributed by atoms with van der Waals surface area (Å²) in [5.41, 5.74) is 13.1. The highest BCUT2D eigenvalue weighted by atomic mass is 16.2. The van der Waals surface area contributed by atoms with Gasteiger partial charge in [-0.05, 0) is 44.4 Å². The summed E-state index contributed by atoms with van der Waals surface area (Å²) >= 11 is 0. The number of ketones is 2. The molecule has 4 aliphatic carbocycles. The van der Waals surface area contributed by atoms with Crippen LogP contribution in [-0.2, 0) is 19.2 Å². The van der Waals surface area contributed by atoms with Gasteiger partial charge in [0.15, 0.2) is 0 Å². The van der Waals surface area contributed by atoms with E-state index >= 15 is 0 Å². The molecule has 1 heterocycles. The number of nitrogens with two attached hydrogens (primary N) is 2. The maximum Gasteiger partial charge on any atom is 0.235 e. The molecule has 8 atom stereocenters. The Hall–Kier alpha value is -1.60. The van der Waals surface area contributed by atoms with Crippen molar-refractivity contribution in [2.24, 2.45) is 52.9 Å². The second-order valence-corrected chi connectivity index (χ2v) is 10.5. The van der Waals surface area contributed by atoms with Crippen LogP contribution in [-0.4, -0.2) is 46.4 Å². The maximum atomic E-state index is 13.4. The Morgan fingerprint density at radius 1 is 0.667 bits per heavy atom. The van der Waals surface area contributed by atoms with Crippen molar-refractivity contribution in [1.29, 1.82) is 0 Å². The van der Waals surface area contributed by atoms with Crippen LogP contribution in [0.25, 0.3) is 0 Å². The second-order valence-electron chi connectivity index (χ2n) is 10.5. The van der Waals surface area contributed by atoms with Crippen molar-refractivity contribution >= 4 is 23.4 Å². The van der Waals surface area contributed by atoms with E-state index in [1.54, 1.807) is 0 Å². The van der Waals surface area contributed by atoms with Crippen molar-refractivity contribution in [3.8, 4) is 0 Å². The smallest absolute Gasteiger partial charge is 0.235 e. The molecule has 0 spiro atoms. The summed E-state index contributed by atoms with van der Waals surface area (Å²) in [6.07, 6.45) is 6.89. The third-order valence-corrected chi connectivity index (χ3v) is 8.98. The van der Waals surface area contributed by atoms with Gasteiger partial charge in [-0.2, -0.15) is 0 Å². The molecule has 5 fully saturated rings. The fourth-order valence-electron chi connectivity index (χ4n) is 7.37. The van der Waals surface area contributed by atoms with Crippen LogP contribution in [0.1, 0.15) is 58.3 Å². The zero-order valence-corrected chi connectivity index (χ0v) is 17.7. The predicted octanol–water partition coefficient (Wildman–Crippen LogP) is 1.03. The molecule has 0 radical (unpaired) electrons. The Bertz CT molecular complexity index is 735. The highest BCUT2D eigenvalue weighted by molar-refractivity contribution is 6.09. The van der Waals surface area contributed by atoms with Gasteiger partial charge in [-0.1, -0.05) is 19.8 Å². The quantitative estimate of drug-likeness (QED) is 0.617. The van der Waals surface area contributed by atoms with Crippen LogP contribution >= 0.6 is 0 Å². The minimum Gasteiger partial charge on any atom is -0.326 e. The summed E-state index contributed by atoms with van der Waals surface area (Å²) < 4.78 is 0. The van der Waals surface area contributed by atoms with Crippen LogP contribution < -0.4 is 11.5 Å². The molecule has 0 bridgehead atoms. The average molecular weight is 416 g/mol. The van der Waals surface area contributed by atoms with Gasteiger partial charge in [-0.15, -0.1) is 0 Å². The van der Waals surface area contributed by atoms with Crippen molar-refractivity contribution in [3.63, 3.8) is 0 Å². The van der Waals surface area contributed by atoms with Crippen LogP contribution in [0, 0.1) is 41.4 Å². The Labute approximate surface area is 177 Å². The first-order chi connectivity index (χ1) is 14.3. The molecule has 5 aliphatic rings. The van der Waals surface area contributed by atoms with E-state index in [1.807, 2.05) is 0 Å². The van der Waals surface area contributed by atoms with E-state index < -0.39 is 35.8 Å². The lowest BCUT2D eigenvalue weighted by Crippen LogP contribution is -2.67. The van der Waals surface area contributed by atoms with Gasteiger partial charge in [0.05, 0.1) is 11.8 Å². The Balaban J connectivity index is 1.48. The van der Waals surface area contributed by atoms with Crippen molar-refractivity contribution < 1.29 is 19.2 Å². The van der Waals surface area contributed by atoms with E-state index in [2.05, 4.69) is 6.92 Å². The molecule has 7 heteroatoms. The molecule has 164 valence electrons. The molecular weight excluding hydrogens is 382 g/mol. The van der Waals surface area contributed by atoms with E-state index in [9.17, 15) is 19.2 Å². The van der Waals surface area contributed by atoms with Crippen LogP contribution in [0.15, 0.2) is 0 Å². The fraction of sp³-hybridized carbons (Fsp3) is 0.826. The van der Waals surface area contributed by atoms with Crippen LogP contribution in [0.2, 0.25) is 0 Å². The topological polar surface area (TPSA) is 124 Å². The predicted molar refractivity (Wildman–Crippen MR) is 109 cm³/mol. The molecule has 4 saturated carbocycles. The zero-order chi connectivity index (χ0) is 21.3. The molecular formula is C23H33N3O4. The van der Waals surface area contributed by atoms with Crippen LogP contribution in [0.3, 0.4) is 0 Å². The van der Waals surface area contributed by atoms with Gasteiger partial charge in [0.1, 0.15) is 11.6 Å². The summed E-state index contributed by atoms with van der Waals surface area (Å²) in [6.45, 7) is 2.19. The van der Waals surface area contributed by atoms with Crippen LogP contribution in [0.4, 0.5) is 0 Å². The molecule has 30 heavy (non-hydrogen) atoms. The third-order valence-electron chi connectivity index (χ3n) is 8.98. The summed E-state index contributed by atoms with van der Waals surface area (Å²) in [5, 5.41) is 0. The van der Waals surface area contributed by atoms with Gasteiger partial charge < -0.3 is 11.5 Å². The Kier molecular flexibility index (Phi) is 4.89. The van der Waals surface area contributed by atoms with Gasteiger partial charge in [0.2, 0.25) is 11.8 Å². The van der Waals surface area contributed by atoms with Crippen molar-refractivity contribution in [1.82, 2.24) is 4.90 Å². The number of amides is 2. The molecule has 1 saturated heterocycles. The van der Waals surface area contributed by atoms with Crippen LogP contribution in [0.5, 0.6) is 0 Å². The van der Waals surface area contributed by atoms with Gasteiger partial charge in [0.25, 0.3) is 0 Å². The second kappa shape index (κ2) is 7.23. The molecule has 4 N–H and O–H groups in total. The monoisotopic (exact) mass is 415 g/mol. The molecule has 5 rings (SSSR count). The number of hydrogen-bond donors (Lipinski definition) is 2. The van der Waals surface area contributed by atoms with E-state index in [0.717, 1.165) is 38.5 Å². The standard InChI is InChI=1S/C23H33N3O4/c1-10-6-8-11(9-7-10)26-22(29)16-17(23(26)30)19(25)15-14(18(16)24)20(27)12-4-2-3-5-13(12)21(15)28/h10-19H,2-9,24-25H2,1H3. The first-order valence-corrected chi connectivity index (χ1v) is 11.8. The van der Waals surface area contributed by atoms with Gasteiger partial charge in [-0.3, -0.25) is 24.1 Å². The summed E-state index contributed by atoms with van der Waals surface area (Å²) in [6, 6.07) is -1.71. The first kappa shape index (κ1) is 20.3. The van der Waals surface area contributed by atoms with Crippen molar-refractivity contribution in [3.05, 3.63) is 0 Å². The number of carbonyl (C=O) groups is 4. The highest BCUT2D eigenvalue weighted by Crippen LogP contribution is 2.51. The minimum absolute atomic E-state index is 0.0101. The van der Waals surface area contributed by atoms with Gasteiger partial charge in [-0.25, -0.2) is 0 Å². The maximum absolute atomic E-state index is 13.4. The lowest BCUT2D eigenvalue weighted by molar-refractivity contribution is -0.157. The largest absolute Gasteiger partial charge is 0.326 e. The van der Waals surface area contributed by atoms with Crippen molar-refractivity contribution in [2.75, 3.05) is 0 Å². The lowest BCUT2D eigenvalue weighted by Gasteiger charge is -2.50. The Morgan fingerprint density at radius 3 is 1.53 bits per heavy atom. The first-order valence-electron chi connectivity index (χ1n) is 11.8. The molecule has 0 aromatic heterocycles. The number of rotatable bonds is 1. The van der Waals surface area contributed by atoms with E-state index in [0.29, 0.717) is 18.8 Å². The van der Waals surface area contributed by atoms with Gasteiger partial charge in [0, 0.05) is 41.8 Å². The normalized spacial score (nSPS) is 49.0. The molecule has 2 amide bonds. The SMILES string of the molecule is CC1CCC(N2C(=O)C3C(N)C4C(=O)C5CCCCC5C(=O)C4C(N)C3C2=O)CC1. The number of carbonyl (C=O) groups excluding carboxylic acids is 4. The number of imide groups is 1. The number of nitrogens with zero attached hydrogens (tertiary/aromatic N) is 1. The fourth-order valence-corrected chi connectivity index (χ4v) is 7.37. The van der Waals surface area contributed by atoms with Gasteiger partial charge >= 0.3 is 0 Å². The molecule has 1 aliphatic heterocycles. The number of likely N-dealkylation sites (tertiary alicyclic amines) is 1. The van der Waals surface area contributed by atoms with Crippen molar-refractivity contribution in [2.45, 2.75) is 76.4 Å². The summed E-state index contributed by atoms with van der Waals surface area (Å²) in [5.74, 6) is -3.48. The average Bonchev–Trinajstić information content (AvgIpc) is 3.00. The highest BCUT2D eigenvalue weighted by Gasteiger charge is 2.66. The van der Waals surface area contributed by atoms with E-state index in [4.69, 9.17) is 11.5 Å². The molecule has 7 nitrogen and oxygen atoms in total. The zero-order valence-electron chi connectivity index (χ0n) is 17.7. The summed E-state index contributed by atoms with van der Waals surface area (Å²) in [4.78, 5) is 55.0. The van der Waals surface area contributed by atoms with E-state index in [1.165, 1.54) is 4.90 Å². The summed E-state index contributed by atoms with van der Waals surface area (Å²) in [7, 11) is 0.